The number of aromatic nitrogens is 2. The monoisotopic (exact) mass is 290 g/mol. The van der Waals surface area contributed by atoms with Crippen LogP contribution in [0.3, 0.4) is 0 Å². The van der Waals surface area contributed by atoms with E-state index in [1.807, 2.05) is 6.92 Å². The number of carbonyl (C=O) groups is 1. The Bertz CT molecular complexity index is 487. The number of methoxy groups -OCH3 is 1. The third-order valence-corrected chi connectivity index (χ3v) is 5.47. The zero-order chi connectivity index (χ0) is 14.8. The largest absolute Gasteiger partial charge is 0.493 e. The predicted octanol–water partition coefficient (Wildman–Crippen LogP) is 3.70. The fourth-order valence-corrected chi connectivity index (χ4v) is 4.31. The van der Waals surface area contributed by atoms with Crippen LogP contribution in [0, 0.1) is 17.8 Å². The van der Waals surface area contributed by atoms with Crippen LogP contribution >= 0.6 is 0 Å². The van der Waals surface area contributed by atoms with E-state index in [0.29, 0.717) is 18.0 Å². The third-order valence-electron chi connectivity index (χ3n) is 5.47. The molecule has 116 valence electrons. The van der Waals surface area contributed by atoms with E-state index in [1.165, 1.54) is 32.1 Å². The van der Waals surface area contributed by atoms with Crippen LogP contribution in [0.1, 0.15) is 62.4 Å². The van der Waals surface area contributed by atoms with Gasteiger partial charge in [-0.2, -0.15) is 5.10 Å². The molecule has 1 heterocycles. The highest BCUT2D eigenvalue weighted by Gasteiger charge is 2.37. The Morgan fingerprint density at radius 3 is 2.76 bits per heavy atom. The van der Waals surface area contributed by atoms with Crippen molar-refractivity contribution < 1.29 is 9.53 Å². The molecule has 0 amide bonds. The average molecular weight is 290 g/mol. The maximum absolute atomic E-state index is 13.0. The van der Waals surface area contributed by atoms with Crippen molar-refractivity contribution in [1.82, 2.24) is 9.78 Å². The first-order chi connectivity index (χ1) is 10.2. The molecule has 3 unspecified atom stereocenters. The zero-order valence-corrected chi connectivity index (χ0v) is 13.2. The molecule has 2 saturated carbocycles. The van der Waals surface area contributed by atoms with Crippen LogP contribution in [-0.4, -0.2) is 22.7 Å². The Balaban J connectivity index is 1.77. The molecule has 2 aliphatic rings. The first-order valence-corrected chi connectivity index (χ1v) is 8.38. The van der Waals surface area contributed by atoms with E-state index in [2.05, 4.69) is 5.10 Å². The van der Waals surface area contributed by atoms with Crippen LogP contribution in [0.15, 0.2) is 6.20 Å². The first-order valence-electron chi connectivity index (χ1n) is 8.38. The summed E-state index contributed by atoms with van der Waals surface area (Å²) in [5.74, 6) is 2.69. The molecule has 0 radical (unpaired) electrons. The van der Waals surface area contributed by atoms with Crippen molar-refractivity contribution in [2.24, 2.45) is 17.8 Å². The Hall–Kier alpha value is -1.32. The van der Waals surface area contributed by atoms with E-state index in [-0.39, 0.29) is 11.7 Å². The molecule has 21 heavy (non-hydrogen) atoms. The molecule has 2 fully saturated rings. The second-order valence-electron chi connectivity index (χ2n) is 6.56. The molecule has 0 bridgehead atoms. The highest BCUT2D eigenvalue weighted by Crippen LogP contribution is 2.43. The van der Waals surface area contributed by atoms with Gasteiger partial charge in [0.2, 0.25) is 0 Å². The third kappa shape index (κ3) is 2.72. The van der Waals surface area contributed by atoms with Gasteiger partial charge in [0.25, 0.3) is 0 Å². The SMILES string of the molecule is CCn1ncc(OC)c1C(=O)C1CCC2CCCCC2C1. The summed E-state index contributed by atoms with van der Waals surface area (Å²) < 4.78 is 7.13. The van der Waals surface area contributed by atoms with Crippen LogP contribution < -0.4 is 4.74 Å². The van der Waals surface area contributed by atoms with E-state index >= 15 is 0 Å². The number of aryl methyl sites for hydroxylation is 1. The van der Waals surface area contributed by atoms with Gasteiger partial charge in [-0.25, -0.2) is 0 Å². The highest BCUT2D eigenvalue weighted by atomic mass is 16.5. The molecule has 2 aliphatic carbocycles. The van der Waals surface area contributed by atoms with E-state index in [9.17, 15) is 4.79 Å². The lowest BCUT2D eigenvalue weighted by Crippen LogP contribution is -2.32. The van der Waals surface area contributed by atoms with E-state index in [1.54, 1.807) is 18.0 Å². The van der Waals surface area contributed by atoms with Crippen LogP contribution in [0.25, 0.3) is 0 Å². The normalized spacial score (nSPS) is 29.0. The summed E-state index contributed by atoms with van der Waals surface area (Å²) in [6.45, 7) is 2.73. The summed E-state index contributed by atoms with van der Waals surface area (Å²) in [6, 6.07) is 0. The van der Waals surface area contributed by atoms with Gasteiger partial charge in [-0.05, 0) is 38.0 Å². The molecule has 0 saturated heterocycles. The van der Waals surface area contributed by atoms with Gasteiger partial charge >= 0.3 is 0 Å². The van der Waals surface area contributed by atoms with Gasteiger partial charge < -0.3 is 4.74 Å². The lowest BCUT2D eigenvalue weighted by molar-refractivity contribution is 0.0750. The summed E-state index contributed by atoms with van der Waals surface area (Å²) in [5.41, 5.74) is 0.680. The Kier molecular flexibility index (Phi) is 4.32. The summed E-state index contributed by atoms with van der Waals surface area (Å²) in [4.78, 5) is 13.0. The molecule has 0 N–H and O–H groups in total. The van der Waals surface area contributed by atoms with Gasteiger partial charge in [0.15, 0.2) is 11.5 Å². The van der Waals surface area contributed by atoms with Crippen molar-refractivity contribution in [2.75, 3.05) is 7.11 Å². The van der Waals surface area contributed by atoms with Gasteiger partial charge in [-0.3, -0.25) is 9.48 Å². The zero-order valence-electron chi connectivity index (χ0n) is 13.2. The van der Waals surface area contributed by atoms with Crippen LogP contribution in [0.4, 0.5) is 0 Å². The molecule has 3 rings (SSSR count). The highest BCUT2D eigenvalue weighted by molar-refractivity contribution is 5.98. The number of hydrogen-bond donors (Lipinski definition) is 0. The molecule has 4 nitrogen and oxygen atoms in total. The number of nitrogens with zero attached hydrogens (tertiary/aromatic N) is 2. The molecule has 3 atom stereocenters. The maximum atomic E-state index is 13.0. The second-order valence-corrected chi connectivity index (χ2v) is 6.56. The summed E-state index contributed by atoms with van der Waals surface area (Å²) in [6.07, 6.45) is 10.4. The van der Waals surface area contributed by atoms with Crippen LogP contribution in [0.2, 0.25) is 0 Å². The number of ketones is 1. The lowest BCUT2D eigenvalue weighted by atomic mass is 9.66. The smallest absolute Gasteiger partial charge is 0.187 e. The van der Waals surface area contributed by atoms with Crippen LogP contribution in [-0.2, 0) is 6.54 Å². The van der Waals surface area contributed by atoms with Crippen molar-refractivity contribution in [3.05, 3.63) is 11.9 Å². The van der Waals surface area contributed by atoms with Crippen molar-refractivity contribution in [2.45, 2.75) is 58.4 Å². The van der Waals surface area contributed by atoms with Gasteiger partial charge in [0, 0.05) is 12.5 Å². The molecular weight excluding hydrogens is 264 g/mol. The molecule has 0 aromatic carbocycles. The van der Waals surface area contributed by atoms with Crippen molar-refractivity contribution >= 4 is 5.78 Å². The number of Topliss-reactive ketones (excluding diaryl/α,β-unsaturated/α-hetero) is 1. The topological polar surface area (TPSA) is 44.1 Å². The van der Waals surface area contributed by atoms with Crippen molar-refractivity contribution in [3.8, 4) is 5.75 Å². The summed E-state index contributed by atoms with van der Waals surface area (Å²) in [7, 11) is 1.62. The summed E-state index contributed by atoms with van der Waals surface area (Å²) in [5, 5.41) is 4.27. The molecule has 4 heteroatoms. The minimum absolute atomic E-state index is 0.167. The Morgan fingerprint density at radius 2 is 2.05 bits per heavy atom. The fraction of sp³-hybridized carbons (Fsp3) is 0.765. The van der Waals surface area contributed by atoms with Crippen molar-refractivity contribution in [3.63, 3.8) is 0 Å². The van der Waals surface area contributed by atoms with Crippen LogP contribution in [0.5, 0.6) is 5.75 Å². The number of fused-ring (bicyclic) bond motifs is 1. The Morgan fingerprint density at radius 1 is 1.29 bits per heavy atom. The number of ether oxygens (including phenoxy) is 1. The Labute approximate surface area is 126 Å². The minimum Gasteiger partial charge on any atom is -0.493 e. The first kappa shape index (κ1) is 14.6. The molecule has 1 aromatic rings. The summed E-state index contributed by atoms with van der Waals surface area (Å²) >= 11 is 0. The van der Waals surface area contributed by atoms with Crippen molar-refractivity contribution in [1.29, 1.82) is 0 Å². The molecule has 1 aromatic heterocycles. The number of hydrogen-bond acceptors (Lipinski definition) is 3. The van der Waals surface area contributed by atoms with Gasteiger partial charge in [0.1, 0.15) is 5.69 Å². The minimum atomic E-state index is 0.167. The van der Waals surface area contributed by atoms with Gasteiger partial charge in [0.05, 0.1) is 13.3 Å². The fourth-order valence-electron chi connectivity index (χ4n) is 4.31. The number of carbonyl (C=O) groups excluding carboxylic acids is 1. The lowest BCUT2D eigenvalue weighted by Gasteiger charge is -2.38. The predicted molar refractivity (Wildman–Crippen MR) is 81.6 cm³/mol. The standard InChI is InChI=1S/C17H26N2O2/c1-3-19-16(15(21-2)11-18-19)17(20)14-9-8-12-6-4-5-7-13(12)10-14/h11-14H,3-10H2,1-2H3. The van der Waals surface area contributed by atoms with Gasteiger partial charge in [-0.15, -0.1) is 0 Å². The van der Waals surface area contributed by atoms with E-state index < -0.39 is 0 Å². The van der Waals surface area contributed by atoms with Gasteiger partial charge in [-0.1, -0.05) is 25.7 Å². The van der Waals surface area contributed by atoms with E-state index in [4.69, 9.17) is 4.74 Å². The quantitative estimate of drug-likeness (QED) is 0.794. The molecule has 0 aliphatic heterocycles. The van der Waals surface area contributed by atoms with E-state index in [0.717, 1.165) is 24.7 Å². The number of rotatable bonds is 4. The maximum Gasteiger partial charge on any atom is 0.187 e. The second kappa shape index (κ2) is 6.20. The molecule has 0 spiro atoms. The molecular formula is C17H26N2O2. The average Bonchev–Trinajstić information content (AvgIpc) is 2.96.